The van der Waals surface area contributed by atoms with E-state index in [1.54, 1.807) is 43.3 Å². The number of urea groups is 1. The van der Waals surface area contributed by atoms with E-state index in [2.05, 4.69) is 16.0 Å². The Kier molecular flexibility index (Phi) is 8.10. The molecule has 2 aromatic carbocycles. The highest BCUT2D eigenvalue weighted by atomic mass is 32.2. The number of aryl methyl sites for hydroxylation is 1. The number of carbonyl (C=O) groups is 2. The molecule has 0 saturated carbocycles. The summed E-state index contributed by atoms with van der Waals surface area (Å²) in [6, 6.07) is 12.4. The number of hydrogen-bond acceptors (Lipinski definition) is 4. The number of anilines is 2. The zero-order valence-corrected chi connectivity index (χ0v) is 20.1. The first-order valence-corrected chi connectivity index (χ1v) is 12.7. The van der Waals surface area contributed by atoms with Gasteiger partial charge < -0.3 is 16.0 Å². The van der Waals surface area contributed by atoms with E-state index in [1.165, 1.54) is 10.4 Å². The predicted octanol–water partition coefficient (Wildman–Crippen LogP) is 3.95. The number of amides is 3. The van der Waals surface area contributed by atoms with E-state index in [1.807, 2.05) is 19.9 Å². The van der Waals surface area contributed by atoms with Crippen LogP contribution in [0, 0.1) is 12.8 Å². The van der Waals surface area contributed by atoms with Gasteiger partial charge in [0.05, 0.1) is 4.90 Å². The second-order valence-electron chi connectivity index (χ2n) is 8.62. The van der Waals surface area contributed by atoms with Gasteiger partial charge in [0.25, 0.3) is 0 Å². The van der Waals surface area contributed by atoms with Gasteiger partial charge in [-0.15, -0.1) is 0 Å². The summed E-state index contributed by atoms with van der Waals surface area (Å²) in [5.74, 6) is -0.601. The Bertz CT molecular complexity index is 1080. The van der Waals surface area contributed by atoms with Crippen LogP contribution in [0.25, 0.3) is 0 Å². The summed E-state index contributed by atoms with van der Waals surface area (Å²) in [6.45, 7) is 6.47. The molecular formula is C24H32N4O4S. The highest BCUT2D eigenvalue weighted by Crippen LogP contribution is 2.25. The molecule has 1 heterocycles. The third-order valence-corrected chi connectivity index (χ3v) is 7.58. The van der Waals surface area contributed by atoms with Crippen LogP contribution in [0.4, 0.5) is 16.2 Å². The first-order valence-electron chi connectivity index (χ1n) is 11.2. The summed E-state index contributed by atoms with van der Waals surface area (Å²) < 4.78 is 27.6. The second-order valence-corrected chi connectivity index (χ2v) is 10.6. The van der Waals surface area contributed by atoms with E-state index >= 15 is 0 Å². The van der Waals surface area contributed by atoms with Gasteiger partial charge >= 0.3 is 6.03 Å². The maximum Gasteiger partial charge on any atom is 0.319 e. The Balaban J connectivity index is 1.74. The normalized spacial score (nSPS) is 15.6. The monoisotopic (exact) mass is 472 g/mol. The molecule has 0 radical (unpaired) electrons. The minimum atomic E-state index is -3.62. The molecule has 33 heavy (non-hydrogen) atoms. The minimum Gasteiger partial charge on any atom is -0.326 e. The van der Waals surface area contributed by atoms with Crippen molar-refractivity contribution in [3.63, 3.8) is 0 Å². The molecule has 0 aliphatic carbocycles. The van der Waals surface area contributed by atoms with Crippen LogP contribution in [-0.4, -0.2) is 43.8 Å². The summed E-state index contributed by atoms with van der Waals surface area (Å²) in [4.78, 5) is 25.6. The molecule has 2 aromatic rings. The van der Waals surface area contributed by atoms with Crippen LogP contribution < -0.4 is 16.0 Å². The molecule has 3 rings (SSSR count). The van der Waals surface area contributed by atoms with Crippen molar-refractivity contribution < 1.29 is 18.0 Å². The van der Waals surface area contributed by atoms with Crippen LogP contribution >= 0.6 is 0 Å². The number of para-hydroxylation sites is 1. The number of benzene rings is 2. The Labute approximate surface area is 195 Å². The predicted molar refractivity (Wildman–Crippen MR) is 130 cm³/mol. The Morgan fingerprint density at radius 1 is 0.939 bits per heavy atom. The second kappa shape index (κ2) is 10.8. The minimum absolute atomic E-state index is 0.154. The van der Waals surface area contributed by atoms with Crippen molar-refractivity contribution in [1.29, 1.82) is 0 Å². The van der Waals surface area contributed by atoms with E-state index in [0.29, 0.717) is 24.5 Å². The van der Waals surface area contributed by atoms with Crippen molar-refractivity contribution >= 4 is 33.3 Å². The van der Waals surface area contributed by atoms with Gasteiger partial charge in [0.1, 0.15) is 6.04 Å². The van der Waals surface area contributed by atoms with E-state index in [-0.39, 0.29) is 10.8 Å². The summed E-state index contributed by atoms with van der Waals surface area (Å²) in [7, 11) is -3.62. The lowest BCUT2D eigenvalue weighted by molar-refractivity contribution is -0.118. The molecule has 3 amide bonds. The van der Waals surface area contributed by atoms with Crippen molar-refractivity contribution in [2.75, 3.05) is 23.7 Å². The average Bonchev–Trinajstić information content (AvgIpc) is 2.79. The van der Waals surface area contributed by atoms with Gasteiger partial charge in [0.2, 0.25) is 15.9 Å². The highest BCUT2D eigenvalue weighted by Gasteiger charge is 2.28. The maximum atomic E-state index is 13.0. The summed E-state index contributed by atoms with van der Waals surface area (Å²) >= 11 is 0. The van der Waals surface area contributed by atoms with Crippen LogP contribution in [0.15, 0.2) is 53.4 Å². The van der Waals surface area contributed by atoms with Crippen molar-refractivity contribution in [1.82, 2.24) is 9.62 Å². The van der Waals surface area contributed by atoms with Gasteiger partial charge in [-0.3, -0.25) is 4.79 Å². The quantitative estimate of drug-likeness (QED) is 0.567. The number of piperidine rings is 1. The third kappa shape index (κ3) is 6.33. The molecule has 9 heteroatoms. The summed E-state index contributed by atoms with van der Waals surface area (Å²) in [5.41, 5.74) is 1.76. The van der Waals surface area contributed by atoms with Gasteiger partial charge in [-0.2, -0.15) is 4.31 Å². The molecule has 178 valence electrons. The molecule has 0 spiro atoms. The number of nitrogens with zero attached hydrogens (tertiary/aromatic N) is 1. The SMILES string of the molecule is Cc1ccc(S(=O)(=O)N2CCCCC2)cc1NC(=O)C(NC(=O)Nc1ccccc1)C(C)C. The van der Waals surface area contributed by atoms with E-state index in [4.69, 9.17) is 0 Å². The molecule has 1 unspecified atom stereocenters. The fourth-order valence-corrected chi connectivity index (χ4v) is 5.27. The highest BCUT2D eigenvalue weighted by molar-refractivity contribution is 7.89. The van der Waals surface area contributed by atoms with Gasteiger partial charge in [-0.05, 0) is 55.5 Å². The van der Waals surface area contributed by atoms with Crippen LogP contribution in [0.3, 0.4) is 0 Å². The van der Waals surface area contributed by atoms with Crippen LogP contribution in [0.1, 0.15) is 38.7 Å². The maximum absolute atomic E-state index is 13.0. The van der Waals surface area contributed by atoms with Gasteiger partial charge in [-0.25, -0.2) is 13.2 Å². The molecule has 3 N–H and O–H groups in total. The molecule has 1 aliphatic rings. The van der Waals surface area contributed by atoms with Crippen LogP contribution in [0.2, 0.25) is 0 Å². The van der Waals surface area contributed by atoms with Gasteiger partial charge in [-0.1, -0.05) is 44.5 Å². The number of sulfonamides is 1. The Morgan fingerprint density at radius 2 is 1.61 bits per heavy atom. The summed E-state index contributed by atoms with van der Waals surface area (Å²) in [6.07, 6.45) is 2.73. The summed E-state index contributed by atoms with van der Waals surface area (Å²) in [5, 5.41) is 8.23. The Hall–Kier alpha value is -2.91. The van der Waals surface area contributed by atoms with Crippen molar-refractivity contribution in [2.45, 2.75) is 51.0 Å². The lowest BCUT2D eigenvalue weighted by Crippen LogP contribution is -2.48. The standard InChI is InChI=1S/C24H32N4O4S/c1-17(2)22(27-24(30)25-19-10-6-4-7-11-19)23(29)26-21-16-20(13-12-18(21)3)33(31,32)28-14-8-5-9-15-28/h4,6-7,10-13,16-17,22H,5,8-9,14-15H2,1-3H3,(H,26,29)(H2,25,27,30). The number of nitrogens with one attached hydrogen (secondary N) is 3. The lowest BCUT2D eigenvalue weighted by atomic mass is 10.0. The van der Waals surface area contributed by atoms with E-state index in [9.17, 15) is 18.0 Å². The number of rotatable bonds is 7. The fraction of sp³-hybridized carbons (Fsp3) is 0.417. The van der Waals surface area contributed by atoms with E-state index in [0.717, 1.165) is 24.8 Å². The topological polar surface area (TPSA) is 108 Å². The molecular weight excluding hydrogens is 440 g/mol. The average molecular weight is 473 g/mol. The molecule has 0 aromatic heterocycles. The van der Waals surface area contributed by atoms with Crippen molar-refractivity contribution in [3.05, 3.63) is 54.1 Å². The number of carbonyl (C=O) groups excluding carboxylic acids is 2. The molecule has 1 aliphatic heterocycles. The van der Waals surface area contributed by atoms with Gasteiger partial charge in [0.15, 0.2) is 0 Å². The van der Waals surface area contributed by atoms with Crippen molar-refractivity contribution in [3.8, 4) is 0 Å². The molecule has 1 saturated heterocycles. The first kappa shape index (κ1) is 24.7. The Morgan fingerprint density at radius 3 is 2.24 bits per heavy atom. The van der Waals surface area contributed by atoms with Crippen LogP contribution in [-0.2, 0) is 14.8 Å². The van der Waals surface area contributed by atoms with E-state index < -0.39 is 28.0 Å². The fourth-order valence-electron chi connectivity index (χ4n) is 3.73. The number of hydrogen-bond donors (Lipinski definition) is 3. The van der Waals surface area contributed by atoms with Crippen molar-refractivity contribution in [2.24, 2.45) is 5.92 Å². The smallest absolute Gasteiger partial charge is 0.319 e. The molecule has 1 fully saturated rings. The van der Waals surface area contributed by atoms with Gasteiger partial charge in [0, 0.05) is 24.5 Å². The molecule has 0 bridgehead atoms. The largest absolute Gasteiger partial charge is 0.326 e. The van der Waals surface area contributed by atoms with Crippen LogP contribution in [0.5, 0.6) is 0 Å². The zero-order chi connectivity index (χ0) is 24.0. The first-order chi connectivity index (χ1) is 15.7. The zero-order valence-electron chi connectivity index (χ0n) is 19.3. The third-order valence-electron chi connectivity index (χ3n) is 5.69. The molecule has 1 atom stereocenters. The molecule has 8 nitrogen and oxygen atoms in total. The lowest BCUT2D eigenvalue weighted by Gasteiger charge is -2.26.